The van der Waals surface area contributed by atoms with Gasteiger partial charge in [0.2, 0.25) is 0 Å². The van der Waals surface area contributed by atoms with Gasteiger partial charge in [-0.3, -0.25) is 0 Å². The van der Waals surface area contributed by atoms with E-state index in [1.807, 2.05) is 30.5 Å². The SMILES string of the molecule is C=Cc1ccnc(N[C@@H]2CCCC[C@H]2N[C@H]2CCCN(c3ccc(C#N)cc3)C2)c1. The molecule has 1 saturated carbocycles. The van der Waals surface area contributed by atoms with Gasteiger partial charge in [0.15, 0.2) is 0 Å². The maximum absolute atomic E-state index is 9.03. The molecule has 1 saturated heterocycles. The van der Waals surface area contributed by atoms with E-state index in [-0.39, 0.29) is 0 Å². The fourth-order valence-corrected chi connectivity index (χ4v) is 4.74. The first-order valence-electron chi connectivity index (χ1n) is 11.1. The molecule has 30 heavy (non-hydrogen) atoms. The minimum Gasteiger partial charge on any atom is -0.370 e. The van der Waals surface area contributed by atoms with E-state index in [0.717, 1.165) is 30.0 Å². The predicted molar refractivity (Wildman–Crippen MR) is 124 cm³/mol. The maximum Gasteiger partial charge on any atom is 0.126 e. The number of nitrogens with one attached hydrogen (secondary N) is 2. The summed E-state index contributed by atoms with van der Waals surface area (Å²) in [5.41, 5.74) is 3.03. The monoisotopic (exact) mass is 401 g/mol. The Morgan fingerprint density at radius 1 is 1.07 bits per heavy atom. The van der Waals surface area contributed by atoms with E-state index in [0.29, 0.717) is 18.1 Å². The summed E-state index contributed by atoms with van der Waals surface area (Å²) in [6.07, 6.45) is 11.0. The second-order valence-electron chi connectivity index (χ2n) is 8.43. The molecule has 0 spiro atoms. The molecule has 5 nitrogen and oxygen atoms in total. The summed E-state index contributed by atoms with van der Waals surface area (Å²) >= 11 is 0. The normalized spacial score (nSPS) is 24.1. The van der Waals surface area contributed by atoms with Crippen molar-refractivity contribution in [3.8, 4) is 6.07 Å². The highest BCUT2D eigenvalue weighted by molar-refractivity contribution is 5.52. The lowest BCUT2D eigenvalue weighted by molar-refractivity contribution is 0.293. The number of piperidine rings is 1. The van der Waals surface area contributed by atoms with Crippen molar-refractivity contribution in [1.29, 1.82) is 5.26 Å². The van der Waals surface area contributed by atoms with Gasteiger partial charge < -0.3 is 15.5 Å². The van der Waals surface area contributed by atoms with Crippen molar-refractivity contribution in [2.24, 2.45) is 0 Å². The van der Waals surface area contributed by atoms with Crippen LogP contribution in [-0.4, -0.2) is 36.2 Å². The van der Waals surface area contributed by atoms with Crippen LogP contribution >= 0.6 is 0 Å². The van der Waals surface area contributed by atoms with Gasteiger partial charge in [-0.25, -0.2) is 4.98 Å². The zero-order valence-corrected chi connectivity index (χ0v) is 17.6. The summed E-state index contributed by atoms with van der Waals surface area (Å²) in [5.74, 6) is 0.939. The molecular weight excluding hydrogens is 370 g/mol. The third kappa shape index (κ3) is 5.01. The van der Waals surface area contributed by atoms with E-state index in [2.05, 4.69) is 51.4 Å². The summed E-state index contributed by atoms with van der Waals surface area (Å²) in [6, 6.07) is 15.6. The Bertz CT molecular complexity index is 885. The Kier molecular flexibility index (Phi) is 6.66. The number of rotatable bonds is 6. The van der Waals surface area contributed by atoms with Crippen LogP contribution in [0.5, 0.6) is 0 Å². The number of aromatic nitrogens is 1. The van der Waals surface area contributed by atoms with E-state index >= 15 is 0 Å². The topological polar surface area (TPSA) is 64.0 Å². The number of pyridine rings is 1. The Balaban J connectivity index is 1.39. The van der Waals surface area contributed by atoms with Crippen molar-refractivity contribution < 1.29 is 0 Å². The largest absolute Gasteiger partial charge is 0.370 e. The van der Waals surface area contributed by atoms with Crippen LogP contribution in [0.1, 0.15) is 49.7 Å². The highest BCUT2D eigenvalue weighted by atomic mass is 15.2. The number of benzene rings is 1. The van der Waals surface area contributed by atoms with E-state index in [4.69, 9.17) is 5.26 Å². The summed E-state index contributed by atoms with van der Waals surface area (Å²) in [5, 5.41) is 16.7. The van der Waals surface area contributed by atoms with Crippen molar-refractivity contribution in [3.63, 3.8) is 0 Å². The van der Waals surface area contributed by atoms with Gasteiger partial charge in [0.25, 0.3) is 0 Å². The van der Waals surface area contributed by atoms with Crippen molar-refractivity contribution >= 4 is 17.6 Å². The average Bonchev–Trinajstić information content (AvgIpc) is 2.81. The van der Waals surface area contributed by atoms with Crippen LogP contribution in [0.4, 0.5) is 11.5 Å². The van der Waals surface area contributed by atoms with Crippen molar-refractivity contribution in [2.75, 3.05) is 23.3 Å². The van der Waals surface area contributed by atoms with E-state index in [1.165, 1.54) is 44.2 Å². The summed E-state index contributed by atoms with van der Waals surface area (Å²) in [6.45, 7) is 5.96. The molecule has 2 aromatic rings. The Labute approximate surface area is 179 Å². The molecule has 1 aliphatic carbocycles. The van der Waals surface area contributed by atoms with Crippen LogP contribution < -0.4 is 15.5 Å². The molecular formula is C25H31N5. The van der Waals surface area contributed by atoms with Crippen LogP contribution in [0.25, 0.3) is 6.08 Å². The summed E-state index contributed by atoms with van der Waals surface area (Å²) < 4.78 is 0. The summed E-state index contributed by atoms with van der Waals surface area (Å²) in [7, 11) is 0. The molecule has 2 N–H and O–H groups in total. The molecule has 1 aromatic carbocycles. The van der Waals surface area contributed by atoms with Crippen molar-refractivity contribution in [3.05, 3.63) is 60.3 Å². The molecule has 1 aromatic heterocycles. The number of hydrogen-bond donors (Lipinski definition) is 2. The third-order valence-electron chi connectivity index (χ3n) is 6.35. The lowest BCUT2D eigenvalue weighted by atomic mass is 9.89. The number of anilines is 2. The average molecular weight is 402 g/mol. The van der Waals surface area contributed by atoms with Gasteiger partial charge in [0, 0.05) is 43.1 Å². The second-order valence-corrected chi connectivity index (χ2v) is 8.43. The van der Waals surface area contributed by atoms with Gasteiger partial charge in [0.05, 0.1) is 11.6 Å². The van der Waals surface area contributed by atoms with Crippen LogP contribution in [0, 0.1) is 11.3 Å². The maximum atomic E-state index is 9.03. The first-order valence-corrected chi connectivity index (χ1v) is 11.1. The molecule has 156 valence electrons. The number of nitrogens with zero attached hydrogens (tertiary/aromatic N) is 3. The Hall–Kier alpha value is -2.84. The van der Waals surface area contributed by atoms with E-state index < -0.39 is 0 Å². The highest BCUT2D eigenvalue weighted by Crippen LogP contribution is 2.25. The Morgan fingerprint density at radius 2 is 1.87 bits per heavy atom. The fourth-order valence-electron chi connectivity index (χ4n) is 4.74. The first-order chi connectivity index (χ1) is 14.7. The van der Waals surface area contributed by atoms with Crippen molar-refractivity contribution in [1.82, 2.24) is 10.3 Å². The van der Waals surface area contributed by atoms with Crippen molar-refractivity contribution in [2.45, 2.75) is 56.7 Å². The van der Waals surface area contributed by atoms with E-state index in [1.54, 1.807) is 0 Å². The lowest BCUT2D eigenvalue weighted by Crippen LogP contribution is -2.55. The Morgan fingerprint density at radius 3 is 2.63 bits per heavy atom. The van der Waals surface area contributed by atoms with Gasteiger partial charge in [-0.1, -0.05) is 25.5 Å². The van der Waals surface area contributed by atoms with Gasteiger partial charge >= 0.3 is 0 Å². The zero-order valence-electron chi connectivity index (χ0n) is 17.6. The lowest BCUT2D eigenvalue weighted by Gasteiger charge is -2.40. The van der Waals surface area contributed by atoms with Crippen LogP contribution in [0.15, 0.2) is 49.2 Å². The molecule has 2 heterocycles. The number of nitriles is 1. The smallest absolute Gasteiger partial charge is 0.126 e. The summed E-state index contributed by atoms with van der Waals surface area (Å²) in [4.78, 5) is 6.96. The molecule has 5 heteroatoms. The predicted octanol–water partition coefficient (Wildman–Crippen LogP) is 4.58. The zero-order chi connectivity index (χ0) is 20.8. The third-order valence-corrected chi connectivity index (χ3v) is 6.35. The minimum atomic E-state index is 0.400. The highest BCUT2D eigenvalue weighted by Gasteiger charge is 2.29. The molecule has 1 aliphatic heterocycles. The molecule has 4 rings (SSSR count). The molecule has 2 aliphatic rings. The standard InChI is InChI=1S/C25H31N5/c1-2-19-13-14-27-25(16-19)29-24-8-4-3-7-23(24)28-21-6-5-15-30(18-21)22-11-9-20(17-26)10-12-22/h2,9-14,16,21,23-24,28H,1,3-8,15,18H2,(H,27,29)/t21-,23+,24+/m0/s1. The first kappa shape index (κ1) is 20.4. The molecule has 2 fully saturated rings. The van der Waals surface area contributed by atoms with E-state index in [9.17, 15) is 0 Å². The van der Waals surface area contributed by atoms with Crippen LogP contribution in [0.3, 0.4) is 0 Å². The fraction of sp³-hybridized carbons (Fsp3) is 0.440. The van der Waals surface area contributed by atoms with Gasteiger partial charge in [-0.2, -0.15) is 5.26 Å². The van der Waals surface area contributed by atoms with Crippen LogP contribution in [0.2, 0.25) is 0 Å². The molecule has 0 amide bonds. The molecule has 3 atom stereocenters. The second kappa shape index (κ2) is 9.77. The van der Waals surface area contributed by atoms with Gasteiger partial charge in [0.1, 0.15) is 5.82 Å². The minimum absolute atomic E-state index is 0.400. The molecule has 0 bridgehead atoms. The van der Waals surface area contributed by atoms with Gasteiger partial charge in [-0.05, 0) is 67.6 Å². The molecule has 0 unspecified atom stereocenters. The van der Waals surface area contributed by atoms with Crippen LogP contribution in [-0.2, 0) is 0 Å². The van der Waals surface area contributed by atoms with Gasteiger partial charge in [-0.15, -0.1) is 0 Å². The number of hydrogen-bond acceptors (Lipinski definition) is 5. The molecule has 0 radical (unpaired) electrons. The quantitative estimate of drug-likeness (QED) is 0.742.